The summed E-state index contributed by atoms with van der Waals surface area (Å²) < 4.78 is 6.80. The first-order valence-electron chi connectivity index (χ1n) is 9.42. The van der Waals surface area contributed by atoms with Crippen molar-refractivity contribution in [3.05, 3.63) is 64.1 Å². The zero-order valence-corrected chi connectivity index (χ0v) is 15.6. The Hall–Kier alpha value is -2.51. The van der Waals surface area contributed by atoms with E-state index in [2.05, 4.69) is 27.4 Å². The average Bonchev–Trinajstić information content (AvgIpc) is 2.71. The maximum atomic E-state index is 12.6. The van der Waals surface area contributed by atoms with Crippen LogP contribution in [0.25, 0.3) is 0 Å². The number of hydrogen-bond acceptors (Lipinski definition) is 5. The van der Waals surface area contributed by atoms with Crippen molar-refractivity contribution in [3.8, 4) is 0 Å². The largest absolute Gasteiger partial charge is 0.379 e. The second-order valence-corrected chi connectivity index (χ2v) is 6.56. The molecule has 1 N–H and O–H groups in total. The number of nitrogens with zero attached hydrogens (tertiary/aromatic N) is 3. The Bertz CT molecular complexity index is 800. The number of rotatable bonds is 7. The summed E-state index contributed by atoms with van der Waals surface area (Å²) in [4.78, 5) is 26.7. The molecular weight excluding hydrogens is 344 g/mol. The van der Waals surface area contributed by atoms with Crippen LogP contribution in [-0.4, -0.2) is 53.4 Å². The fraction of sp³-hybridized carbons (Fsp3) is 0.450. The van der Waals surface area contributed by atoms with E-state index in [0.29, 0.717) is 26.3 Å². The minimum absolute atomic E-state index is 0.0700. The third-order valence-corrected chi connectivity index (χ3v) is 4.66. The van der Waals surface area contributed by atoms with Gasteiger partial charge in [-0.25, -0.2) is 4.68 Å². The number of morpholine rings is 1. The number of carbonyl (C=O) groups is 1. The molecule has 0 spiro atoms. The predicted octanol–water partition coefficient (Wildman–Crippen LogP) is 1.46. The van der Waals surface area contributed by atoms with E-state index in [1.54, 1.807) is 0 Å². The minimum Gasteiger partial charge on any atom is -0.379 e. The second-order valence-electron chi connectivity index (χ2n) is 6.56. The zero-order chi connectivity index (χ0) is 19.1. The van der Waals surface area contributed by atoms with Crippen LogP contribution in [-0.2, 0) is 11.3 Å². The van der Waals surface area contributed by atoms with Crippen molar-refractivity contribution >= 4 is 5.91 Å². The Morgan fingerprint density at radius 2 is 1.93 bits per heavy atom. The number of aromatic nitrogens is 2. The third kappa shape index (κ3) is 5.02. The topological polar surface area (TPSA) is 76.5 Å². The SMILES string of the molecule is CCCn1nc(C(=O)NCC(c2ccccc2)N2CCOCC2)ccc1=O. The number of ether oxygens (including phenoxy) is 1. The molecule has 144 valence electrons. The molecule has 3 rings (SSSR count). The van der Waals surface area contributed by atoms with Gasteiger partial charge in [-0.05, 0) is 18.1 Å². The van der Waals surface area contributed by atoms with Crippen molar-refractivity contribution in [2.45, 2.75) is 25.9 Å². The van der Waals surface area contributed by atoms with Gasteiger partial charge in [0.2, 0.25) is 0 Å². The van der Waals surface area contributed by atoms with Crippen molar-refractivity contribution < 1.29 is 9.53 Å². The van der Waals surface area contributed by atoms with Gasteiger partial charge in [-0.3, -0.25) is 14.5 Å². The summed E-state index contributed by atoms with van der Waals surface area (Å²) >= 11 is 0. The summed E-state index contributed by atoms with van der Waals surface area (Å²) in [7, 11) is 0. The first-order chi connectivity index (χ1) is 13.2. The molecule has 1 amide bonds. The monoisotopic (exact) mass is 370 g/mol. The standard InChI is InChI=1S/C20H26N4O3/c1-2-10-24-19(25)9-8-17(22-24)20(26)21-15-18(16-6-4-3-5-7-16)23-11-13-27-14-12-23/h3-9,18H,2,10-15H2,1H3,(H,21,26). The van der Waals surface area contributed by atoms with Crippen LogP contribution < -0.4 is 10.9 Å². The van der Waals surface area contributed by atoms with Crippen LogP contribution in [0.3, 0.4) is 0 Å². The van der Waals surface area contributed by atoms with Crippen LogP contribution in [0.5, 0.6) is 0 Å². The molecule has 1 atom stereocenters. The van der Waals surface area contributed by atoms with Gasteiger partial charge >= 0.3 is 0 Å². The molecular formula is C20H26N4O3. The van der Waals surface area contributed by atoms with Gasteiger partial charge in [0.05, 0.1) is 19.3 Å². The Labute approximate surface area is 158 Å². The fourth-order valence-corrected chi connectivity index (χ4v) is 3.24. The number of carbonyl (C=O) groups excluding carboxylic acids is 1. The van der Waals surface area contributed by atoms with Crippen molar-refractivity contribution in [1.29, 1.82) is 0 Å². The number of benzene rings is 1. The molecule has 1 unspecified atom stereocenters. The lowest BCUT2D eigenvalue weighted by atomic mass is 10.0. The summed E-state index contributed by atoms with van der Waals surface area (Å²) in [5.74, 6) is -0.269. The van der Waals surface area contributed by atoms with Gasteiger partial charge < -0.3 is 10.1 Å². The maximum Gasteiger partial charge on any atom is 0.271 e. The highest BCUT2D eigenvalue weighted by Crippen LogP contribution is 2.21. The Morgan fingerprint density at radius 1 is 1.19 bits per heavy atom. The molecule has 7 nitrogen and oxygen atoms in total. The summed E-state index contributed by atoms with van der Waals surface area (Å²) in [6, 6.07) is 13.1. The number of hydrogen-bond donors (Lipinski definition) is 1. The zero-order valence-electron chi connectivity index (χ0n) is 15.6. The van der Waals surface area contributed by atoms with Crippen LogP contribution in [0.2, 0.25) is 0 Å². The van der Waals surface area contributed by atoms with Crippen molar-refractivity contribution in [2.24, 2.45) is 0 Å². The molecule has 7 heteroatoms. The fourth-order valence-electron chi connectivity index (χ4n) is 3.24. The first-order valence-corrected chi connectivity index (χ1v) is 9.42. The summed E-state index contributed by atoms with van der Waals surface area (Å²) in [5, 5.41) is 7.17. The van der Waals surface area contributed by atoms with Gasteiger partial charge in [0, 0.05) is 32.2 Å². The van der Waals surface area contributed by atoms with Gasteiger partial charge in [0.15, 0.2) is 0 Å². The lowest BCUT2D eigenvalue weighted by Gasteiger charge is -2.34. The van der Waals surface area contributed by atoms with Crippen LogP contribution in [0.1, 0.15) is 35.4 Å². The molecule has 0 saturated carbocycles. The number of nitrogens with one attached hydrogen (secondary N) is 1. The Balaban J connectivity index is 1.72. The van der Waals surface area contributed by atoms with Crippen LogP contribution in [0, 0.1) is 0 Å². The van der Waals surface area contributed by atoms with E-state index in [1.165, 1.54) is 16.8 Å². The van der Waals surface area contributed by atoms with E-state index in [-0.39, 0.29) is 23.2 Å². The quantitative estimate of drug-likeness (QED) is 0.798. The average molecular weight is 370 g/mol. The molecule has 1 aromatic carbocycles. The van der Waals surface area contributed by atoms with E-state index in [9.17, 15) is 9.59 Å². The van der Waals surface area contributed by atoms with Crippen molar-refractivity contribution in [1.82, 2.24) is 20.0 Å². The van der Waals surface area contributed by atoms with Crippen LogP contribution >= 0.6 is 0 Å². The third-order valence-electron chi connectivity index (χ3n) is 4.66. The minimum atomic E-state index is -0.269. The Morgan fingerprint density at radius 3 is 2.63 bits per heavy atom. The molecule has 2 aromatic rings. The van der Waals surface area contributed by atoms with Gasteiger partial charge in [-0.1, -0.05) is 37.3 Å². The van der Waals surface area contributed by atoms with Gasteiger partial charge in [0.1, 0.15) is 5.69 Å². The van der Waals surface area contributed by atoms with Crippen molar-refractivity contribution in [2.75, 3.05) is 32.8 Å². The molecule has 1 fully saturated rings. The van der Waals surface area contributed by atoms with E-state index in [0.717, 1.165) is 25.1 Å². The van der Waals surface area contributed by atoms with Crippen LogP contribution in [0.4, 0.5) is 0 Å². The normalized spacial score (nSPS) is 16.0. The highest BCUT2D eigenvalue weighted by atomic mass is 16.5. The smallest absolute Gasteiger partial charge is 0.271 e. The summed E-state index contributed by atoms with van der Waals surface area (Å²) in [6.45, 7) is 5.98. The molecule has 0 aliphatic carbocycles. The second kappa shape index (κ2) is 9.43. The molecule has 1 aliphatic rings. The van der Waals surface area contributed by atoms with E-state index in [1.807, 2.05) is 25.1 Å². The maximum absolute atomic E-state index is 12.6. The first kappa shape index (κ1) is 19.3. The van der Waals surface area contributed by atoms with Gasteiger partial charge in [-0.2, -0.15) is 5.10 Å². The van der Waals surface area contributed by atoms with E-state index < -0.39 is 0 Å². The molecule has 2 heterocycles. The number of amides is 1. The van der Waals surface area contributed by atoms with E-state index in [4.69, 9.17) is 4.74 Å². The summed E-state index contributed by atoms with van der Waals surface area (Å²) in [5.41, 5.74) is 1.23. The predicted molar refractivity (Wildman–Crippen MR) is 103 cm³/mol. The highest BCUT2D eigenvalue weighted by Gasteiger charge is 2.23. The van der Waals surface area contributed by atoms with Gasteiger partial charge in [-0.15, -0.1) is 0 Å². The molecule has 1 aromatic heterocycles. The van der Waals surface area contributed by atoms with Gasteiger partial charge in [0.25, 0.3) is 11.5 Å². The molecule has 0 bridgehead atoms. The lowest BCUT2D eigenvalue weighted by Crippen LogP contribution is -2.44. The van der Waals surface area contributed by atoms with Crippen molar-refractivity contribution in [3.63, 3.8) is 0 Å². The number of aryl methyl sites for hydroxylation is 1. The lowest BCUT2D eigenvalue weighted by molar-refractivity contribution is 0.0162. The molecule has 1 aliphatic heterocycles. The van der Waals surface area contributed by atoms with Crippen LogP contribution in [0.15, 0.2) is 47.3 Å². The summed E-state index contributed by atoms with van der Waals surface area (Å²) in [6.07, 6.45) is 0.783. The van der Waals surface area contributed by atoms with E-state index >= 15 is 0 Å². The molecule has 27 heavy (non-hydrogen) atoms. The molecule has 0 radical (unpaired) electrons. The highest BCUT2D eigenvalue weighted by molar-refractivity contribution is 5.92. The molecule has 1 saturated heterocycles. The Kier molecular flexibility index (Phi) is 6.73.